The Morgan fingerprint density at radius 2 is 2.10 bits per heavy atom. The third kappa shape index (κ3) is 2.49. The molecule has 0 saturated carbocycles. The number of aromatic nitrogens is 3. The first-order chi connectivity index (χ1) is 10.1. The van der Waals surface area contributed by atoms with Crippen LogP contribution in [0.2, 0.25) is 0 Å². The fourth-order valence-electron chi connectivity index (χ4n) is 1.98. The van der Waals surface area contributed by atoms with Gasteiger partial charge in [0.2, 0.25) is 5.88 Å². The smallest absolute Gasteiger partial charge is 0.230 e. The third-order valence-corrected chi connectivity index (χ3v) is 3.45. The van der Waals surface area contributed by atoms with E-state index in [1.165, 1.54) is 16.8 Å². The first-order valence-corrected chi connectivity index (χ1v) is 7.02. The summed E-state index contributed by atoms with van der Waals surface area (Å²) in [7, 11) is 0. The molecule has 2 heterocycles. The zero-order valence-electron chi connectivity index (χ0n) is 11.0. The lowest BCUT2D eigenvalue weighted by atomic mass is 10.3. The maximum Gasteiger partial charge on any atom is 0.230 e. The number of nitrogens with zero attached hydrogens (tertiary/aromatic N) is 3. The molecule has 0 amide bonds. The number of halogens is 3. The highest BCUT2D eigenvalue weighted by atomic mass is 79.9. The van der Waals surface area contributed by atoms with Gasteiger partial charge in [0.05, 0.1) is 17.3 Å². The third-order valence-electron chi connectivity index (χ3n) is 2.88. The molecule has 4 nitrogen and oxygen atoms in total. The molecule has 3 rings (SSSR count). The van der Waals surface area contributed by atoms with Crippen LogP contribution in [-0.2, 0) is 0 Å². The topological polar surface area (TPSA) is 39.9 Å². The second kappa shape index (κ2) is 5.40. The van der Waals surface area contributed by atoms with E-state index < -0.39 is 11.6 Å². The van der Waals surface area contributed by atoms with Crippen LogP contribution in [0.15, 0.2) is 34.9 Å². The van der Waals surface area contributed by atoms with Gasteiger partial charge in [-0.15, -0.1) is 0 Å². The van der Waals surface area contributed by atoms with Crippen LogP contribution in [0.25, 0.3) is 16.7 Å². The van der Waals surface area contributed by atoms with E-state index in [0.29, 0.717) is 28.0 Å². The molecule has 0 unspecified atom stereocenters. The Morgan fingerprint density at radius 3 is 2.81 bits per heavy atom. The lowest BCUT2D eigenvalue weighted by Gasteiger charge is -2.07. The molecule has 0 saturated heterocycles. The van der Waals surface area contributed by atoms with Gasteiger partial charge in [0.15, 0.2) is 11.5 Å². The molecular weight excluding hydrogens is 344 g/mol. The van der Waals surface area contributed by atoms with Gasteiger partial charge in [-0.05, 0) is 41.1 Å². The molecule has 0 fully saturated rings. The van der Waals surface area contributed by atoms with Crippen molar-refractivity contribution >= 4 is 27.0 Å². The number of pyridine rings is 1. The van der Waals surface area contributed by atoms with Crippen LogP contribution in [0.3, 0.4) is 0 Å². The van der Waals surface area contributed by atoms with Crippen LogP contribution in [0.1, 0.15) is 6.92 Å². The number of fused-ring (bicyclic) bond motifs is 1. The van der Waals surface area contributed by atoms with Crippen LogP contribution in [0.5, 0.6) is 5.88 Å². The molecule has 0 radical (unpaired) electrons. The summed E-state index contributed by atoms with van der Waals surface area (Å²) in [5.74, 6) is -0.949. The second-order valence-corrected chi connectivity index (χ2v) is 5.13. The number of hydrogen-bond acceptors (Lipinski definition) is 3. The molecule has 0 aliphatic heterocycles. The maximum atomic E-state index is 13.9. The molecule has 0 atom stereocenters. The molecule has 7 heteroatoms. The highest BCUT2D eigenvalue weighted by Gasteiger charge is 2.14. The van der Waals surface area contributed by atoms with Gasteiger partial charge in [0, 0.05) is 11.5 Å². The molecule has 0 N–H and O–H groups in total. The summed E-state index contributed by atoms with van der Waals surface area (Å²) < 4.78 is 34.3. The van der Waals surface area contributed by atoms with E-state index >= 15 is 0 Å². The maximum absolute atomic E-state index is 13.9. The van der Waals surface area contributed by atoms with Gasteiger partial charge in [-0.25, -0.2) is 13.5 Å². The molecule has 0 aliphatic rings. The zero-order chi connectivity index (χ0) is 15.0. The minimum Gasteiger partial charge on any atom is -0.477 e. The Balaban J connectivity index is 2.21. The number of ether oxygens (including phenoxy) is 1. The Bertz CT molecular complexity index is 819. The van der Waals surface area contributed by atoms with Crippen molar-refractivity contribution in [2.75, 3.05) is 6.61 Å². The highest BCUT2D eigenvalue weighted by molar-refractivity contribution is 9.10. The van der Waals surface area contributed by atoms with E-state index in [1.807, 2.05) is 6.92 Å². The average Bonchev–Trinajstić information content (AvgIpc) is 2.82. The van der Waals surface area contributed by atoms with E-state index in [1.54, 1.807) is 12.3 Å². The van der Waals surface area contributed by atoms with Crippen molar-refractivity contribution in [2.24, 2.45) is 0 Å². The monoisotopic (exact) mass is 353 g/mol. The van der Waals surface area contributed by atoms with Crippen LogP contribution in [0, 0.1) is 11.6 Å². The minimum atomic E-state index is -0.706. The van der Waals surface area contributed by atoms with Crippen molar-refractivity contribution in [2.45, 2.75) is 6.92 Å². The SMILES string of the molecule is CCOc1nc2c(cnn2-c2ccc(F)cc2F)cc1Br. The van der Waals surface area contributed by atoms with Gasteiger partial charge >= 0.3 is 0 Å². The molecular formula is C14H10BrF2N3O. The van der Waals surface area contributed by atoms with Gasteiger partial charge in [-0.3, -0.25) is 0 Å². The summed E-state index contributed by atoms with van der Waals surface area (Å²) >= 11 is 3.36. The minimum absolute atomic E-state index is 0.128. The van der Waals surface area contributed by atoms with Crippen molar-refractivity contribution < 1.29 is 13.5 Å². The summed E-state index contributed by atoms with van der Waals surface area (Å²) in [6, 6.07) is 5.10. The first-order valence-electron chi connectivity index (χ1n) is 6.22. The Labute approximate surface area is 127 Å². The van der Waals surface area contributed by atoms with E-state index in [0.717, 1.165) is 6.07 Å². The van der Waals surface area contributed by atoms with Crippen LogP contribution in [0.4, 0.5) is 8.78 Å². The molecule has 1 aromatic carbocycles. The van der Waals surface area contributed by atoms with Gasteiger partial charge in [0.1, 0.15) is 11.5 Å². The Hall–Kier alpha value is -2.02. The van der Waals surface area contributed by atoms with E-state index in [-0.39, 0.29) is 5.69 Å². The van der Waals surface area contributed by atoms with Crippen molar-refractivity contribution in [3.8, 4) is 11.6 Å². The molecule has 21 heavy (non-hydrogen) atoms. The number of benzene rings is 1. The summed E-state index contributed by atoms with van der Waals surface area (Å²) in [4.78, 5) is 4.34. The van der Waals surface area contributed by atoms with E-state index in [4.69, 9.17) is 4.74 Å². The van der Waals surface area contributed by atoms with Gasteiger partial charge in [-0.1, -0.05) is 0 Å². The lowest BCUT2D eigenvalue weighted by molar-refractivity contribution is 0.325. The van der Waals surface area contributed by atoms with E-state index in [2.05, 4.69) is 26.0 Å². The second-order valence-electron chi connectivity index (χ2n) is 4.27. The molecule has 2 aromatic heterocycles. The fraction of sp³-hybridized carbons (Fsp3) is 0.143. The predicted molar refractivity (Wildman–Crippen MR) is 77.7 cm³/mol. The van der Waals surface area contributed by atoms with Crippen LogP contribution < -0.4 is 4.74 Å². The molecule has 0 bridgehead atoms. The molecule has 3 aromatic rings. The zero-order valence-corrected chi connectivity index (χ0v) is 12.6. The standard InChI is InChI=1S/C14H10BrF2N3O/c1-2-21-14-10(15)5-8-7-18-20(13(8)19-14)12-4-3-9(16)6-11(12)17/h3-7H,2H2,1H3. The van der Waals surface area contributed by atoms with Gasteiger partial charge in [-0.2, -0.15) is 10.1 Å². The van der Waals surface area contributed by atoms with Gasteiger partial charge in [0.25, 0.3) is 0 Å². The lowest BCUT2D eigenvalue weighted by Crippen LogP contribution is -2.03. The van der Waals surface area contributed by atoms with Crippen molar-refractivity contribution in [3.63, 3.8) is 0 Å². The largest absolute Gasteiger partial charge is 0.477 e. The summed E-state index contributed by atoms with van der Waals surface area (Å²) in [6.45, 7) is 2.30. The van der Waals surface area contributed by atoms with Crippen LogP contribution >= 0.6 is 15.9 Å². The number of rotatable bonds is 3. The fourth-order valence-corrected chi connectivity index (χ4v) is 2.43. The molecule has 108 valence electrons. The summed E-state index contributed by atoms with van der Waals surface area (Å²) in [5, 5.41) is 4.83. The normalized spacial score (nSPS) is 11.0. The first kappa shape index (κ1) is 13.9. The van der Waals surface area contributed by atoms with Crippen molar-refractivity contribution in [1.82, 2.24) is 14.8 Å². The predicted octanol–water partition coefficient (Wildman–Crippen LogP) is 3.86. The summed E-state index contributed by atoms with van der Waals surface area (Å²) in [6.07, 6.45) is 1.56. The number of hydrogen-bond donors (Lipinski definition) is 0. The Morgan fingerprint density at radius 1 is 1.29 bits per heavy atom. The molecule has 0 spiro atoms. The molecule has 0 aliphatic carbocycles. The van der Waals surface area contributed by atoms with Crippen LogP contribution in [-0.4, -0.2) is 21.4 Å². The average molecular weight is 354 g/mol. The highest BCUT2D eigenvalue weighted by Crippen LogP contribution is 2.28. The van der Waals surface area contributed by atoms with Gasteiger partial charge < -0.3 is 4.74 Å². The Kier molecular flexibility index (Phi) is 3.59. The summed E-state index contributed by atoms with van der Waals surface area (Å²) in [5.41, 5.74) is 0.566. The van der Waals surface area contributed by atoms with Crippen molar-refractivity contribution in [3.05, 3.63) is 46.6 Å². The quantitative estimate of drug-likeness (QED) is 0.717. The van der Waals surface area contributed by atoms with E-state index in [9.17, 15) is 8.78 Å². The van der Waals surface area contributed by atoms with Crippen molar-refractivity contribution in [1.29, 1.82) is 0 Å².